The molecular formula is C23H20BrN3O. The first kappa shape index (κ1) is 18.7. The average molecular weight is 434 g/mol. The van der Waals surface area contributed by atoms with Crippen molar-refractivity contribution in [3.8, 4) is 12.3 Å². The predicted octanol–water partition coefficient (Wildman–Crippen LogP) is 3.59. The molecule has 0 saturated carbocycles. The summed E-state index contributed by atoms with van der Waals surface area (Å²) in [5.74, 6) is 2.68. The molecule has 3 aromatic rings. The summed E-state index contributed by atoms with van der Waals surface area (Å²) in [5, 5.41) is 0. The lowest BCUT2D eigenvalue weighted by Gasteiger charge is -2.28. The lowest BCUT2D eigenvalue weighted by molar-refractivity contribution is 0.240. The summed E-state index contributed by atoms with van der Waals surface area (Å²) in [4.78, 5) is 19.9. The highest BCUT2D eigenvalue weighted by molar-refractivity contribution is 9.10. The number of hydrogen-bond acceptors (Lipinski definition) is 3. The lowest BCUT2D eigenvalue weighted by atomic mass is 10.1. The van der Waals surface area contributed by atoms with E-state index >= 15 is 0 Å². The van der Waals surface area contributed by atoms with E-state index in [4.69, 9.17) is 6.42 Å². The van der Waals surface area contributed by atoms with Crippen molar-refractivity contribution in [2.75, 3.05) is 6.54 Å². The van der Waals surface area contributed by atoms with Gasteiger partial charge in [-0.3, -0.25) is 14.3 Å². The van der Waals surface area contributed by atoms with Crippen LogP contribution in [0.5, 0.6) is 0 Å². The molecule has 0 fully saturated rings. The second kappa shape index (κ2) is 8.14. The molecule has 0 bridgehead atoms. The second-order valence-electron chi connectivity index (χ2n) is 7.03. The number of rotatable bonds is 4. The molecule has 0 radical (unpaired) electrons. The Morgan fingerprint density at radius 2 is 1.93 bits per heavy atom. The maximum Gasteiger partial charge on any atom is 0.258 e. The van der Waals surface area contributed by atoms with E-state index in [0.29, 0.717) is 13.1 Å². The van der Waals surface area contributed by atoms with Gasteiger partial charge in [0.25, 0.3) is 5.56 Å². The Hall–Kier alpha value is -2.68. The first-order valence-corrected chi connectivity index (χ1v) is 10.0. The molecule has 0 N–H and O–H groups in total. The molecule has 1 aromatic heterocycles. The Labute approximate surface area is 173 Å². The van der Waals surface area contributed by atoms with Crippen LogP contribution in [0.3, 0.4) is 0 Å². The Morgan fingerprint density at radius 1 is 1.11 bits per heavy atom. The third kappa shape index (κ3) is 4.09. The molecule has 4 nitrogen and oxygen atoms in total. The molecule has 4 rings (SSSR count). The third-order valence-electron chi connectivity index (χ3n) is 5.03. The second-order valence-corrected chi connectivity index (χ2v) is 7.95. The molecule has 0 saturated heterocycles. The zero-order chi connectivity index (χ0) is 19.5. The van der Waals surface area contributed by atoms with Crippen molar-refractivity contribution in [1.29, 1.82) is 0 Å². The average Bonchev–Trinajstić information content (AvgIpc) is 2.72. The minimum Gasteiger partial charge on any atom is -0.294 e. The van der Waals surface area contributed by atoms with Gasteiger partial charge in [-0.2, -0.15) is 0 Å². The van der Waals surface area contributed by atoms with Crippen LogP contribution in [0.1, 0.15) is 27.9 Å². The Bertz CT molecular complexity index is 1100. The van der Waals surface area contributed by atoms with Crippen LogP contribution in [-0.2, 0) is 26.1 Å². The van der Waals surface area contributed by atoms with Crippen LogP contribution in [0.25, 0.3) is 0 Å². The summed E-state index contributed by atoms with van der Waals surface area (Å²) < 4.78 is 2.72. The first-order valence-electron chi connectivity index (χ1n) is 9.22. The number of fused-ring (bicyclic) bond motifs is 1. The SMILES string of the molecule is C#Cc1cccc(CN2CCc3ncn(Cc4ccc(Br)cc4)c(=O)c3C2)c1. The number of terminal acetylenes is 1. The van der Waals surface area contributed by atoms with Crippen molar-refractivity contribution in [1.82, 2.24) is 14.5 Å². The minimum atomic E-state index is 0.0509. The monoisotopic (exact) mass is 433 g/mol. The van der Waals surface area contributed by atoms with Crippen LogP contribution in [0.2, 0.25) is 0 Å². The minimum absolute atomic E-state index is 0.0509. The molecule has 0 aliphatic carbocycles. The summed E-state index contributed by atoms with van der Waals surface area (Å²) in [6.07, 6.45) is 7.97. The fourth-order valence-electron chi connectivity index (χ4n) is 3.56. The van der Waals surface area contributed by atoms with Crippen molar-refractivity contribution in [3.63, 3.8) is 0 Å². The molecule has 0 unspecified atom stereocenters. The van der Waals surface area contributed by atoms with Crippen molar-refractivity contribution in [2.45, 2.75) is 26.1 Å². The largest absolute Gasteiger partial charge is 0.294 e. The van der Waals surface area contributed by atoms with E-state index in [1.165, 1.54) is 0 Å². The summed E-state index contributed by atoms with van der Waals surface area (Å²) >= 11 is 3.44. The zero-order valence-corrected chi connectivity index (χ0v) is 17.0. The number of nitrogens with zero attached hydrogens (tertiary/aromatic N) is 3. The maximum absolute atomic E-state index is 13.0. The molecule has 1 aliphatic heterocycles. The fourth-order valence-corrected chi connectivity index (χ4v) is 3.82. The number of hydrogen-bond donors (Lipinski definition) is 0. The summed E-state index contributed by atoms with van der Waals surface area (Å²) in [5.41, 5.74) is 4.90. The van der Waals surface area contributed by atoms with E-state index in [0.717, 1.165) is 51.9 Å². The number of benzene rings is 2. The van der Waals surface area contributed by atoms with Gasteiger partial charge in [0.2, 0.25) is 0 Å². The normalized spacial score (nSPS) is 13.7. The predicted molar refractivity (Wildman–Crippen MR) is 114 cm³/mol. The van der Waals surface area contributed by atoms with Gasteiger partial charge >= 0.3 is 0 Å². The fraction of sp³-hybridized carbons (Fsp3) is 0.217. The van der Waals surface area contributed by atoms with Crippen molar-refractivity contribution < 1.29 is 0 Å². The van der Waals surface area contributed by atoms with Crippen molar-refractivity contribution in [3.05, 3.63) is 97.6 Å². The van der Waals surface area contributed by atoms with Crippen LogP contribution < -0.4 is 5.56 Å². The van der Waals surface area contributed by atoms with Gasteiger partial charge in [0.05, 0.1) is 24.1 Å². The summed E-state index contributed by atoms with van der Waals surface area (Å²) in [7, 11) is 0. The zero-order valence-electron chi connectivity index (χ0n) is 15.4. The van der Waals surface area contributed by atoms with Gasteiger partial charge in [-0.25, -0.2) is 4.98 Å². The van der Waals surface area contributed by atoms with Crippen LogP contribution in [0.4, 0.5) is 0 Å². The Kier molecular flexibility index (Phi) is 5.43. The topological polar surface area (TPSA) is 38.1 Å². The van der Waals surface area contributed by atoms with E-state index in [1.807, 2.05) is 42.5 Å². The smallest absolute Gasteiger partial charge is 0.258 e. The summed E-state index contributed by atoms with van der Waals surface area (Å²) in [6, 6.07) is 16.0. The quantitative estimate of drug-likeness (QED) is 0.590. The number of aromatic nitrogens is 2. The molecule has 0 spiro atoms. The van der Waals surface area contributed by atoms with Crippen molar-refractivity contribution >= 4 is 15.9 Å². The summed E-state index contributed by atoms with van der Waals surface area (Å²) in [6.45, 7) is 2.80. The van der Waals surface area contributed by atoms with E-state index < -0.39 is 0 Å². The van der Waals surface area contributed by atoms with Gasteiger partial charge < -0.3 is 0 Å². The standard InChI is InChI=1S/C23H20BrN3O/c1-2-17-4-3-5-19(12-17)13-26-11-10-22-21(15-26)23(28)27(16-25-22)14-18-6-8-20(24)9-7-18/h1,3-9,12,16H,10-11,13-15H2. The Morgan fingerprint density at radius 3 is 2.71 bits per heavy atom. The van der Waals surface area contributed by atoms with Gasteiger partial charge in [-0.1, -0.05) is 46.1 Å². The maximum atomic E-state index is 13.0. The molecule has 5 heteroatoms. The molecule has 140 valence electrons. The number of halogens is 1. The van der Waals surface area contributed by atoms with Crippen LogP contribution in [-0.4, -0.2) is 21.0 Å². The molecule has 1 aliphatic rings. The van der Waals surface area contributed by atoms with Gasteiger partial charge in [-0.05, 0) is 35.4 Å². The van der Waals surface area contributed by atoms with Crippen LogP contribution in [0, 0.1) is 12.3 Å². The Balaban J connectivity index is 1.54. The first-order chi connectivity index (χ1) is 13.6. The van der Waals surface area contributed by atoms with E-state index in [1.54, 1.807) is 10.9 Å². The lowest BCUT2D eigenvalue weighted by Crippen LogP contribution is -2.37. The highest BCUT2D eigenvalue weighted by atomic mass is 79.9. The highest BCUT2D eigenvalue weighted by Crippen LogP contribution is 2.17. The van der Waals surface area contributed by atoms with Gasteiger partial charge in [-0.15, -0.1) is 6.42 Å². The molecule has 0 amide bonds. The molecule has 0 atom stereocenters. The van der Waals surface area contributed by atoms with E-state index in [-0.39, 0.29) is 5.56 Å². The van der Waals surface area contributed by atoms with E-state index in [9.17, 15) is 4.79 Å². The molecular weight excluding hydrogens is 414 g/mol. The van der Waals surface area contributed by atoms with Gasteiger partial charge in [0.1, 0.15) is 0 Å². The molecule has 28 heavy (non-hydrogen) atoms. The highest BCUT2D eigenvalue weighted by Gasteiger charge is 2.21. The van der Waals surface area contributed by atoms with Crippen LogP contribution in [0.15, 0.2) is 64.1 Å². The van der Waals surface area contributed by atoms with E-state index in [2.05, 4.69) is 37.8 Å². The third-order valence-corrected chi connectivity index (χ3v) is 5.56. The molecule has 2 aromatic carbocycles. The van der Waals surface area contributed by atoms with Gasteiger partial charge in [0.15, 0.2) is 0 Å². The van der Waals surface area contributed by atoms with Crippen molar-refractivity contribution in [2.24, 2.45) is 0 Å². The van der Waals surface area contributed by atoms with Gasteiger partial charge in [0, 0.05) is 36.1 Å². The molecule has 2 heterocycles. The van der Waals surface area contributed by atoms with Crippen LogP contribution >= 0.6 is 15.9 Å².